The molecule has 88 valence electrons. The second-order valence-electron chi connectivity index (χ2n) is 3.95. The number of fused-ring (bicyclic) bond motifs is 1. The van der Waals surface area contributed by atoms with Crippen LogP contribution in [0.2, 0.25) is 0 Å². The van der Waals surface area contributed by atoms with E-state index in [1.807, 2.05) is 6.92 Å². The van der Waals surface area contributed by atoms with Gasteiger partial charge >= 0.3 is 6.36 Å². The average Bonchev–Trinajstić information content (AvgIpc) is 2.16. The minimum absolute atomic E-state index is 0.150. The van der Waals surface area contributed by atoms with Crippen molar-refractivity contribution in [3.8, 4) is 5.75 Å². The third kappa shape index (κ3) is 2.59. The van der Waals surface area contributed by atoms with E-state index >= 15 is 0 Å². The maximum absolute atomic E-state index is 12.0. The molecule has 5 heteroatoms. The van der Waals surface area contributed by atoms with Crippen LogP contribution in [-0.4, -0.2) is 12.4 Å². The Hall–Kier alpha value is -1.39. The fourth-order valence-electron chi connectivity index (χ4n) is 1.82. The molecule has 1 aromatic carbocycles. The summed E-state index contributed by atoms with van der Waals surface area (Å²) < 4.78 is 39.9. The molecule has 0 spiro atoms. The standard InChI is InChI=1S/C11H12F3NO/c1-7-2-3-8-6-9(16-11(12,13)14)4-5-10(8)15-7/h4-7,15H,2-3H2,1H3. The summed E-state index contributed by atoms with van der Waals surface area (Å²) in [6, 6.07) is 4.77. The molecule has 0 bridgehead atoms. The van der Waals surface area contributed by atoms with E-state index in [0.29, 0.717) is 6.04 Å². The number of anilines is 1. The fraction of sp³-hybridized carbons (Fsp3) is 0.455. The van der Waals surface area contributed by atoms with Gasteiger partial charge in [0.2, 0.25) is 0 Å². The highest BCUT2D eigenvalue weighted by Gasteiger charge is 2.31. The van der Waals surface area contributed by atoms with Gasteiger partial charge in [-0.25, -0.2) is 0 Å². The molecule has 0 fully saturated rings. The predicted molar refractivity (Wildman–Crippen MR) is 54.5 cm³/mol. The minimum atomic E-state index is -4.62. The Morgan fingerprint density at radius 3 is 2.81 bits per heavy atom. The molecule has 1 aliphatic rings. The van der Waals surface area contributed by atoms with E-state index < -0.39 is 6.36 Å². The van der Waals surface area contributed by atoms with Crippen molar-refractivity contribution < 1.29 is 17.9 Å². The number of hydrogen-bond donors (Lipinski definition) is 1. The first kappa shape index (κ1) is 11.1. The molecule has 1 aromatic rings. The van der Waals surface area contributed by atoms with Crippen LogP contribution in [0.4, 0.5) is 18.9 Å². The van der Waals surface area contributed by atoms with Crippen LogP contribution >= 0.6 is 0 Å². The van der Waals surface area contributed by atoms with Crippen molar-refractivity contribution in [3.05, 3.63) is 23.8 Å². The van der Waals surface area contributed by atoms with Crippen LogP contribution in [0, 0.1) is 0 Å². The Labute approximate surface area is 91.4 Å². The van der Waals surface area contributed by atoms with Crippen LogP contribution in [0.1, 0.15) is 18.9 Å². The van der Waals surface area contributed by atoms with Crippen LogP contribution in [-0.2, 0) is 6.42 Å². The van der Waals surface area contributed by atoms with E-state index in [-0.39, 0.29) is 5.75 Å². The zero-order chi connectivity index (χ0) is 11.8. The predicted octanol–water partition coefficient (Wildman–Crippen LogP) is 3.33. The van der Waals surface area contributed by atoms with E-state index in [2.05, 4.69) is 10.1 Å². The van der Waals surface area contributed by atoms with E-state index in [1.54, 1.807) is 6.07 Å². The molecule has 0 radical (unpaired) electrons. The van der Waals surface area contributed by atoms with Gasteiger partial charge in [0.15, 0.2) is 0 Å². The highest BCUT2D eigenvalue weighted by Crippen LogP contribution is 2.30. The third-order valence-electron chi connectivity index (χ3n) is 2.56. The number of benzene rings is 1. The molecular formula is C11H12F3NO. The van der Waals surface area contributed by atoms with E-state index in [0.717, 1.165) is 24.1 Å². The Morgan fingerprint density at radius 1 is 1.38 bits per heavy atom. The van der Waals surface area contributed by atoms with Crippen LogP contribution in [0.3, 0.4) is 0 Å². The lowest BCUT2D eigenvalue weighted by molar-refractivity contribution is -0.274. The van der Waals surface area contributed by atoms with Crippen LogP contribution in [0.15, 0.2) is 18.2 Å². The molecule has 1 N–H and O–H groups in total. The summed E-state index contributed by atoms with van der Waals surface area (Å²) in [5.74, 6) is -0.150. The molecule has 0 saturated carbocycles. The zero-order valence-electron chi connectivity index (χ0n) is 8.77. The van der Waals surface area contributed by atoms with Crippen LogP contribution in [0.25, 0.3) is 0 Å². The van der Waals surface area contributed by atoms with Gasteiger partial charge in [0.25, 0.3) is 0 Å². The summed E-state index contributed by atoms with van der Waals surface area (Å²) in [5, 5.41) is 3.21. The van der Waals surface area contributed by atoms with Gasteiger partial charge in [-0.15, -0.1) is 13.2 Å². The molecule has 0 aliphatic carbocycles. The van der Waals surface area contributed by atoms with Gasteiger partial charge < -0.3 is 10.1 Å². The maximum atomic E-state index is 12.0. The first-order valence-electron chi connectivity index (χ1n) is 5.09. The summed E-state index contributed by atoms with van der Waals surface area (Å²) in [6.45, 7) is 2.04. The second kappa shape index (κ2) is 3.88. The normalized spacial score (nSPS) is 19.9. The number of nitrogens with one attached hydrogen (secondary N) is 1. The molecule has 1 aliphatic heterocycles. The molecule has 0 saturated heterocycles. The smallest absolute Gasteiger partial charge is 0.406 e. The largest absolute Gasteiger partial charge is 0.573 e. The first-order chi connectivity index (χ1) is 7.44. The molecule has 2 rings (SSSR count). The van der Waals surface area contributed by atoms with E-state index in [4.69, 9.17) is 0 Å². The molecule has 2 nitrogen and oxygen atoms in total. The topological polar surface area (TPSA) is 21.3 Å². The SMILES string of the molecule is CC1CCc2cc(OC(F)(F)F)ccc2N1. The van der Waals surface area contributed by atoms with Crippen LogP contribution in [0.5, 0.6) is 5.75 Å². The van der Waals surface area contributed by atoms with Gasteiger partial charge in [-0.3, -0.25) is 0 Å². The van der Waals surface area contributed by atoms with Gasteiger partial charge in [-0.2, -0.15) is 0 Å². The lowest BCUT2D eigenvalue weighted by Crippen LogP contribution is -2.22. The molecule has 0 aromatic heterocycles. The zero-order valence-corrected chi connectivity index (χ0v) is 8.77. The first-order valence-corrected chi connectivity index (χ1v) is 5.09. The number of rotatable bonds is 1. The lowest BCUT2D eigenvalue weighted by Gasteiger charge is -2.24. The minimum Gasteiger partial charge on any atom is -0.406 e. The Kier molecular flexibility index (Phi) is 2.69. The van der Waals surface area contributed by atoms with Crippen molar-refractivity contribution in [2.75, 3.05) is 5.32 Å². The van der Waals surface area contributed by atoms with Gasteiger partial charge in [-0.05, 0) is 43.5 Å². The van der Waals surface area contributed by atoms with Gasteiger partial charge in [0.05, 0.1) is 0 Å². The average molecular weight is 231 g/mol. The maximum Gasteiger partial charge on any atom is 0.573 e. The molecule has 1 atom stereocenters. The van der Waals surface area contributed by atoms with E-state index in [9.17, 15) is 13.2 Å². The van der Waals surface area contributed by atoms with Crippen molar-refractivity contribution in [1.82, 2.24) is 0 Å². The summed E-state index contributed by atoms with van der Waals surface area (Å²) in [4.78, 5) is 0. The molecule has 0 amide bonds. The Bertz CT molecular complexity index is 389. The number of ether oxygens (including phenoxy) is 1. The summed E-state index contributed by atoms with van der Waals surface area (Å²) in [7, 11) is 0. The molecule has 1 unspecified atom stereocenters. The van der Waals surface area contributed by atoms with Crippen molar-refractivity contribution in [2.24, 2.45) is 0 Å². The Balaban J connectivity index is 2.20. The number of hydrogen-bond acceptors (Lipinski definition) is 2. The van der Waals surface area contributed by atoms with Crippen molar-refractivity contribution in [2.45, 2.75) is 32.2 Å². The number of alkyl halides is 3. The quantitative estimate of drug-likeness (QED) is 0.800. The van der Waals surface area contributed by atoms with Crippen molar-refractivity contribution in [1.29, 1.82) is 0 Å². The molecule has 16 heavy (non-hydrogen) atoms. The third-order valence-corrected chi connectivity index (χ3v) is 2.56. The van der Waals surface area contributed by atoms with E-state index in [1.165, 1.54) is 12.1 Å². The second-order valence-corrected chi connectivity index (χ2v) is 3.95. The molecule has 1 heterocycles. The summed E-state index contributed by atoms with van der Waals surface area (Å²) in [6.07, 6.45) is -2.93. The van der Waals surface area contributed by atoms with Gasteiger partial charge in [0.1, 0.15) is 5.75 Å². The highest BCUT2D eigenvalue weighted by atomic mass is 19.4. The van der Waals surface area contributed by atoms with Gasteiger partial charge in [0, 0.05) is 11.7 Å². The van der Waals surface area contributed by atoms with Gasteiger partial charge in [-0.1, -0.05) is 0 Å². The summed E-state index contributed by atoms with van der Waals surface area (Å²) in [5.41, 5.74) is 1.77. The number of halogens is 3. The van der Waals surface area contributed by atoms with Crippen molar-refractivity contribution in [3.63, 3.8) is 0 Å². The van der Waals surface area contributed by atoms with Crippen LogP contribution < -0.4 is 10.1 Å². The van der Waals surface area contributed by atoms with Crippen molar-refractivity contribution >= 4 is 5.69 Å². The highest BCUT2D eigenvalue weighted by molar-refractivity contribution is 5.56. The molecular weight excluding hydrogens is 219 g/mol. The Morgan fingerprint density at radius 2 is 2.12 bits per heavy atom. The fourth-order valence-corrected chi connectivity index (χ4v) is 1.82. The number of aryl methyl sites for hydroxylation is 1. The lowest BCUT2D eigenvalue weighted by atomic mass is 9.99. The monoisotopic (exact) mass is 231 g/mol. The summed E-state index contributed by atoms with van der Waals surface area (Å²) >= 11 is 0.